The van der Waals surface area contributed by atoms with Crippen LogP contribution in [0.15, 0.2) is 24.8 Å². The van der Waals surface area contributed by atoms with Crippen LogP contribution in [0.25, 0.3) is 0 Å². The van der Waals surface area contributed by atoms with E-state index in [0.29, 0.717) is 11.5 Å². The number of carbonyl (C=O) groups excluding carboxylic acids is 1. The highest BCUT2D eigenvalue weighted by Crippen LogP contribution is 2.11. The Hall–Kier alpha value is -2.44. The van der Waals surface area contributed by atoms with Crippen molar-refractivity contribution in [2.75, 3.05) is 17.2 Å². The minimum Gasteiger partial charge on any atom is -0.369 e. The van der Waals surface area contributed by atoms with E-state index in [1.165, 1.54) is 12.4 Å². The van der Waals surface area contributed by atoms with Gasteiger partial charge in [-0.2, -0.15) is 5.10 Å². The summed E-state index contributed by atoms with van der Waals surface area (Å²) in [5, 5.41) is 9.92. The molecule has 0 radical (unpaired) electrons. The first kappa shape index (κ1) is 14.0. The van der Waals surface area contributed by atoms with Gasteiger partial charge in [0, 0.05) is 18.8 Å². The molecule has 0 spiro atoms. The van der Waals surface area contributed by atoms with E-state index in [1.54, 1.807) is 17.1 Å². The predicted octanol–water partition coefficient (Wildman–Crippen LogP) is 1.94. The third-order valence-corrected chi connectivity index (χ3v) is 2.63. The maximum Gasteiger partial charge on any atom is 0.275 e. The molecule has 0 aromatic carbocycles. The lowest BCUT2D eigenvalue weighted by atomic mass is 10.4. The van der Waals surface area contributed by atoms with Crippen molar-refractivity contribution in [2.45, 2.75) is 26.8 Å². The van der Waals surface area contributed by atoms with Crippen molar-refractivity contribution in [3.63, 3.8) is 0 Å². The van der Waals surface area contributed by atoms with Gasteiger partial charge in [-0.25, -0.2) is 9.97 Å². The van der Waals surface area contributed by atoms with E-state index in [1.807, 2.05) is 20.8 Å². The summed E-state index contributed by atoms with van der Waals surface area (Å²) >= 11 is 0. The number of nitrogens with one attached hydrogen (secondary N) is 2. The molecule has 20 heavy (non-hydrogen) atoms. The molecule has 2 heterocycles. The Morgan fingerprint density at radius 1 is 1.30 bits per heavy atom. The topological polar surface area (TPSA) is 84.7 Å². The van der Waals surface area contributed by atoms with Gasteiger partial charge >= 0.3 is 0 Å². The SMILES string of the molecule is CCNc1cnc(C(=O)Nc2cnn(C(C)C)c2)cn1. The number of anilines is 2. The summed E-state index contributed by atoms with van der Waals surface area (Å²) in [5.41, 5.74) is 0.908. The molecule has 0 bridgehead atoms. The fourth-order valence-electron chi connectivity index (χ4n) is 1.60. The Labute approximate surface area is 117 Å². The average Bonchev–Trinajstić information content (AvgIpc) is 2.88. The molecule has 0 saturated heterocycles. The van der Waals surface area contributed by atoms with Gasteiger partial charge in [-0.05, 0) is 20.8 Å². The summed E-state index contributed by atoms with van der Waals surface area (Å²) in [6.07, 6.45) is 6.37. The van der Waals surface area contributed by atoms with Gasteiger partial charge in [-0.3, -0.25) is 9.48 Å². The van der Waals surface area contributed by atoms with Crippen molar-refractivity contribution in [1.82, 2.24) is 19.7 Å². The minimum atomic E-state index is -0.302. The highest BCUT2D eigenvalue weighted by molar-refractivity contribution is 6.02. The van der Waals surface area contributed by atoms with Crippen LogP contribution in [0.4, 0.5) is 11.5 Å². The van der Waals surface area contributed by atoms with Gasteiger partial charge in [0.05, 0.1) is 24.3 Å². The highest BCUT2D eigenvalue weighted by atomic mass is 16.1. The molecule has 0 aliphatic heterocycles. The number of rotatable bonds is 5. The number of nitrogens with zero attached hydrogens (tertiary/aromatic N) is 4. The number of hydrogen-bond donors (Lipinski definition) is 2. The number of hydrogen-bond acceptors (Lipinski definition) is 5. The Morgan fingerprint density at radius 3 is 2.65 bits per heavy atom. The van der Waals surface area contributed by atoms with Crippen LogP contribution in [0.1, 0.15) is 37.3 Å². The summed E-state index contributed by atoms with van der Waals surface area (Å²) in [6.45, 7) is 6.76. The molecule has 2 N–H and O–H groups in total. The summed E-state index contributed by atoms with van der Waals surface area (Å²) in [5.74, 6) is 0.348. The Morgan fingerprint density at radius 2 is 2.10 bits per heavy atom. The van der Waals surface area contributed by atoms with Gasteiger partial charge in [-0.15, -0.1) is 0 Å². The lowest BCUT2D eigenvalue weighted by Gasteiger charge is -2.04. The second-order valence-corrected chi connectivity index (χ2v) is 4.57. The second kappa shape index (κ2) is 6.14. The third-order valence-electron chi connectivity index (χ3n) is 2.63. The Bertz CT molecular complexity index is 575. The molecule has 2 rings (SSSR count). The molecule has 0 unspecified atom stereocenters. The zero-order valence-corrected chi connectivity index (χ0v) is 11.8. The largest absolute Gasteiger partial charge is 0.369 e. The number of amides is 1. The van der Waals surface area contributed by atoms with Crippen molar-refractivity contribution >= 4 is 17.4 Å². The first-order valence-corrected chi connectivity index (χ1v) is 6.51. The summed E-state index contributed by atoms with van der Waals surface area (Å²) in [6, 6.07) is 0.250. The van der Waals surface area contributed by atoms with Crippen LogP contribution < -0.4 is 10.6 Å². The average molecular weight is 274 g/mol. The minimum absolute atomic E-state index is 0.250. The predicted molar refractivity (Wildman–Crippen MR) is 76.8 cm³/mol. The van der Waals surface area contributed by atoms with Crippen molar-refractivity contribution in [3.8, 4) is 0 Å². The molecule has 0 aliphatic rings. The van der Waals surface area contributed by atoms with Crippen LogP contribution in [0.3, 0.4) is 0 Å². The summed E-state index contributed by atoms with van der Waals surface area (Å²) in [4.78, 5) is 20.2. The molecule has 0 fully saturated rings. The summed E-state index contributed by atoms with van der Waals surface area (Å²) < 4.78 is 1.77. The lowest BCUT2D eigenvalue weighted by Crippen LogP contribution is -2.14. The Kier molecular flexibility index (Phi) is 4.29. The van der Waals surface area contributed by atoms with Crippen LogP contribution in [0, 0.1) is 0 Å². The molecular formula is C13H18N6O. The molecule has 1 amide bonds. The molecular weight excluding hydrogens is 256 g/mol. The Balaban J connectivity index is 2.03. The van der Waals surface area contributed by atoms with Crippen LogP contribution in [0.2, 0.25) is 0 Å². The van der Waals surface area contributed by atoms with E-state index in [9.17, 15) is 4.79 Å². The molecule has 106 valence electrons. The van der Waals surface area contributed by atoms with Gasteiger partial charge in [-0.1, -0.05) is 0 Å². The normalized spacial score (nSPS) is 10.6. The zero-order chi connectivity index (χ0) is 14.5. The van der Waals surface area contributed by atoms with E-state index in [2.05, 4.69) is 25.7 Å². The van der Waals surface area contributed by atoms with Gasteiger partial charge in [0.15, 0.2) is 0 Å². The summed E-state index contributed by atoms with van der Waals surface area (Å²) in [7, 11) is 0. The van der Waals surface area contributed by atoms with E-state index < -0.39 is 0 Å². The van der Waals surface area contributed by atoms with Crippen LogP contribution in [0.5, 0.6) is 0 Å². The number of aromatic nitrogens is 4. The van der Waals surface area contributed by atoms with Crippen LogP contribution >= 0.6 is 0 Å². The van der Waals surface area contributed by atoms with Crippen molar-refractivity contribution < 1.29 is 4.79 Å². The van der Waals surface area contributed by atoms with E-state index in [0.717, 1.165) is 6.54 Å². The molecule has 7 nitrogen and oxygen atoms in total. The van der Waals surface area contributed by atoms with Gasteiger partial charge < -0.3 is 10.6 Å². The van der Waals surface area contributed by atoms with E-state index in [-0.39, 0.29) is 17.6 Å². The number of carbonyl (C=O) groups is 1. The van der Waals surface area contributed by atoms with Crippen molar-refractivity contribution in [1.29, 1.82) is 0 Å². The highest BCUT2D eigenvalue weighted by Gasteiger charge is 2.10. The first-order chi connectivity index (χ1) is 9.60. The molecule has 2 aromatic rings. The lowest BCUT2D eigenvalue weighted by molar-refractivity contribution is 0.102. The van der Waals surface area contributed by atoms with Crippen LogP contribution in [-0.4, -0.2) is 32.2 Å². The first-order valence-electron chi connectivity index (χ1n) is 6.51. The van der Waals surface area contributed by atoms with E-state index in [4.69, 9.17) is 0 Å². The quantitative estimate of drug-likeness (QED) is 0.870. The standard InChI is InChI=1S/C13H18N6O/c1-4-14-12-7-15-11(6-16-12)13(20)18-10-5-17-19(8-10)9(2)3/h5-9H,4H2,1-3H3,(H,14,16)(H,18,20). The second-order valence-electron chi connectivity index (χ2n) is 4.57. The van der Waals surface area contributed by atoms with Gasteiger partial charge in [0.25, 0.3) is 5.91 Å². The molecule has 7 heteroatoms. The third kappa shape index (κ3) is 3.31. The maximum absolute atomic E-state index is 12.0. The van der Waals surface area contributed by atoms with Crippen LogP contribution in [-0.2, 0) is 0 Å². The van der Waals surface area contributed by atoms with Crippen molar-refractivity contribution in [2.24, 2.45) is 0 Å². The maximum atomic E-state index is 12.0. The smallest absolute Gasteiger partial charge is 0.275 e. The van der Waals surface area contributed by atoms with Crippen molar-refractivity contribution in [3.05, 3.63) is 30.5 Å². The fourth-order valence-corrected chi connectivity index (χ4v) is 1.60. The fraction of sp³-hybridized carbons (Fsp3) is 0.385. The van der Waals surface area contributed by atoms with Gasteiger partial charge in [0.1, 0.15) is 11.5 Å². The molecule has 0 saturated carbocycles. The molecule has 2 aromatic heterocycles. The molecule has 0 atom stereocenters. The van der Waals surface area contributed by atoms with Gasteiger partial charge in [0.2, 0.25) is 0 Å². The zero-order valence-electron chi connectivity index (χ0n) is 11.8. The monoisotopic (exact) mass is 274 g/mol. The molecule has 0 aliphatic carbocycles. The van der Waals surface area contributed by atoms with E-state index >= 15 is 0 Å².